The van der Waals surface area contributed by atoms with E-state index in [9.17, 15) is 4.79 Å². The standard InChI is InChI=1S/C23H27NO/c25-22(23-12-15-9-16(13-23)11-17(10-15)14-23)24-20-7-3-1-5-18(20)19-6-2-4-8-21(19)24/h1,3,5,7,15-17H,2,4,6,8-14H2. The van der Waals surface area contributed by atoms with E-state index in [-0.39, 0.29) is 5.41 Å². The van der Waals surface area contributed by atoms with Gasteiger partial charge in [-0.25, -0.2) is 0 Å². The first-order chi connectivity index (χ1) is 12.2. The maximum Gasteiger partial charge on any atom is 0.237 e. The maximum atomic E-state index is 14.0. The Morgan fingerprint density at radius 3 is 2.28 bits per heavy atom. The number of aryl methyl sites for hydroxylation is 1. The van der Waals surface area contributed by atoms with Gasteiger partial charge in [-0.3, -0.25) is 9.36 Å². The molecule has 0 radical (unpaired) electrons. The molecule has 25 heavy (non-hydrogen) atoms. The van der Waals surface area contributed by atoms with Gasteiger partial charge in [-0.05, 0) is 93.6 Å². The van der Waals surface area contributed by atoms with Crippen molar-refractivity contribution in [3.8, 4) is 0 Å². The molecular formula is C23H27NO. The Bertz CT molecular complexity index is 838. The number of rotatable bonds is 1. The van der Waals surface area contributed by atoms with E-state index in [1.807, 2.05) is 0 Å². The number of para-hydroxylation sites is 1. The van der Waals surface area contributed by atoms with Crippen molar-refractivity contribution in [1.29, 1.82) is 0 Å². The average Bonchev–Trinajstić information content (AvgIpc) is 2.94. The maximum absolute atomic E-state index is 14.0. The minimum Gasteiger partial charge on any atom is -0.283 e. The number of carbonyl (C=O) groups is 1. The van der Waals surface area contributed by atoms with Crippen LogP contribution >= 0.6 is 0 Å². The van der Waals surface area contributed by atoms with Crippen LogP contribution in [0.5, 0.6) is 0 Å². The minimum atomic E-state index is -0.0399. The Morgan fingerprint density at radius 2 is 1.56 bits per heavy atom. The van der Waals surface area contributed by atoms with E-state index in [0.29, 0.717) is 5.91 Å². The van der Waals surface area contributed by atoms with E-state index in [0.717, 1.165) is 30.6 Å². The van der Waals surface area contributed by atoms with Gasteiger partial charge in [-0.1, -0.05) is 18.2 Å². The molecule has 1 aromatic heterocycles. The summed E-state index contributed by atoms with van der Waals surface area (Å²) in [5.74, 6) is 2.94. The lowest BCUT2D eigenvalue weighted by atomic mass is 9.49. The van der Waals surface area contributed by atoms with Crippen LogP contribution in [0.1, 0.15) is 67.4 Å². The van der Waals surface area contributed by atoms with Gasteiger partial charge < -0.3 is 0 Å². The van der Waals surface area contributed by atoms with Gasteiger partial charge in [0, 0.05) is 11.1 Å². The fourth-order valence-electron chi connectivity index (χ4n) is 7.34. The van der Waals surface area contributed by atoms with Gasteiger partial charge in [0.2, 0.25) is 5.91 Å². The lowest BCUT2D eigenvalue weighted by molar-refractivity contribution is -0.0399. The van der Waals surface area contributed by atoms with Gasteiger partial charge in [0.1, 0.15) is 0 Å². The molecule has 4 saturated carbocycles. The van der Waals surface area contributed by atoms with Crippen molar-refractivity contribution >= 4 is 16.8 Å². The van der Waals surface area contributed by atoms with Crippen molar-refractivity contribution < 1.29 is 4.79 Å². The van der Waals surface area contributed by atoms with Gasteiger partial charge in [-0.15, -0.1) is 0 Å². The second kappa shape index (κ2) is 4.99. The Labute approximate surface area is 149 Å². The smallest absolute Gasteiger partial charge is 0.237 e. The number of nitrogens with zero attached hydrogens (tertiary/aromatic N) is 1. The number of hydrogen-bond acceptors (Lipinski definition) is 1. The highest BCUT2D eigenvalue weighted by Crippen LogP contribution is 2.60. The fourth-order valence-corrected chi connectivity index (χ4v) is 7.34. The third-order valence-electron chi connectivity index (χ3n) is 7.87. The highest BCUT2D eigenvalue weighted by atomic mass is 16.2. The van der Waals surface area contributed by atoms with E-state index < -0.39 is 0 Å². The molecule has 4 fully saturated rings. The van der Waals surface area contributed by atoms with Crippen LogP contribution in [0.25, 0.3) is 10.9 Å². The summed E-state index contributed by atoms with van der Waals surface area (Å²) in [6.45, 7) is 0. The number of fused-ring (bicyclic) bond motifs is 3. The highest BCUT2D eigenvalue weighted by Gasteiger charge is 2.55. The molecule has 0 N–H and O–H groups in total. The topological polar surface area (TPSA) is 22.0 Å². The second-order valence-corrected chi connectivity index (χ2v) is 9.49. The summed E-state index contributed by atoms with van der Waals surface area (Å²) in [6, 6.07) is 8.67. The molecule has 1 aromatic carbocycles. The van der Waals surface area contributed by atoms with Gasteiger partial charge in [0.05, 0.1) is 10.9 Å². The Morgan fingerprint density at radius 1 is 0.920 bits per heavy atom. The zero-order valence-electron chi connectivity index (χ0n) is 15.0. The van der Waals surface area contributed by atoms with E-state index in [2.05, 4.69) is 28.8 Å². The summed E-state index contributed by atoms with van der Waals surface area (Å²) < 4.78 is 2.21. The predicted octanol–water partition coefficient (Wildman–Crippen LogP) is 5.38. The minimum absolute atomic E-state index is 0.0399. The van der Waals surface area contributed by atoms with Crippen molar-refractivity contribution in [1.82, 2.24) is 4.57 Å². The average molecular weight is 333 g/mol. The van der Waals surface area contributed by atoms with Crippen molar-refractivity contribution in [2.24, 2.45) is 23.2 Å². The number of carbonyl (C=O) groups excluding carboxylic acids is 1. The zero-order valence-corrected chi connectivity index (χ0v) is 15.0. The first-order valence-electron chi connectivity index (χ1n) is 10.4. The van der Waals surface area contributed by atoms with E-state index in [1.54, 1.807) is 0 Å². The summed E-state index contributed by atoms with van der Waals surface area (Å²) in [7, 11) is 0. The van der Waals surface area contributed by atoms with Crippen molar-refractivity contribution in [2.75, 3.05) is 0 Å². The van der Waals surface area contributed by atoms with Crippen molar-refractivity contribution in [3.63, 3.8) is 0 Å². The first kappa shape index (κ1) is 14.6. The van der Waals surface area contributed by atoms with Gasteiger partial charge in [0.25, 0.3) is 0 Å². The normalized spacial score (nSPS) is 35.9. The summed E-state index contributed by atoms with van der Waals surface area (Å²) in [6.07, 6.45) is 12.4. The number of benzene rings is 1. The quantitative estimate of drug-likeness (QED) is 0.687. The zero-order chi connectivity index (χ0) is 16.6. The van der Waals surface area contributed by atoms with Crippen LogP contribution in [0.4, 0.5) is 0 Å². The lowest BCUT2D eigenvalue weighted by Crippen LogP contribution is -2.51. The van der Waals surface area contributed by atoms with Gasteiger partial charge >= 0.3 is 0 Å². The van der Waals surface area contributed by atoms with Crippen LogP contribution in [-0.2, 0) is 12.8 Å². The molecule has 5 aliphatic carbocycles. The number of aromatic nitrogens is 1. The fraction of sp³-hybridized carbons (Fsp3) is 0.609. The van der Waals surface area contributed by atoms with Crippen LogP contribution in [-0.4, -0.2) is 10.5 Å². The van der Waals surface area contributed by atoms with Gasteiger partial charge in [0.15, 0.2) is 0 Å². The second-order valence-electron chi connectivity index (χ2n) is 9.49. The molecule has 7 rings (SSSR count). The molecule has 5 aliphatic rings. The van der Waals surface area contributed by atoms with E-state index >= 15 is 0 Å². The van der Waals surface area contributed by atoms with E-state index in [1.165, 1.54) is 73.5 Å². The molecule has 4 bridgehead atoms. The predicted molar refractivity (Wildman–Crippen MR) is 99.8 cm³/mol. The first-order valence-corrected chi connectivity index (χ1v) is 10.4. The van der Waals surface area contributed by atoms with Crippen LogP contribution in [0.3, 0.4) is 0 Å². The monoisotopic (exact) mass is 333 g/mol. The van der Waals surface area contributed by atoms with Crippen molar-refractivity contribution in [3.05, 3.63) is 35.5 Å². The van der Waals surface area contributed by atoms with Crippen LogP contribution in [0.15, 0.2) is 24.3 Å². The Kier molecular flexibility index (Phi) is 2.91. The molecule has 1 heterocycles. The summed E-state index contributed by atoms with van der Waals surface area (Å²) in [5.41, 5.74) is 3.98. The Balaban J connectivity index is 1.53. The summed E-state index contributed by atoms with van der Waals surface area (Å²) in [5, 5.41) is 1.34. The molecule has 130 valence electrons. The van der Waals surface area contributed by atoms with Crippen LogP contribution < -0.4 is 0 Å². The number of hydrogen-bond donors (Lipinski definition) is 0. The molecule has 2 aromatic rings. The SMILES string of the molecule is O=C(n1c2c(c3ccccc31)CCCC2)C12CC3CC(CC(C3)C1)C2. The molecule has 0 atom stereocenters. The molecule has 2 heteroatoms. The van der Waals surface area contributed by atoms with Crippen LogP contribution in [0, 0.1) is 23.2 Å². The largest absolute Gasteiger partial charge is 0.283 e. The summed E-state index contributed by atoms with van der Waals surface area (Å²) >= 11 is 0. The van der Waals surface area contributed by atoms with Crippen LogP contribution in [0.2, 0.25) is 0 Å². The molecule has 0 unspecified atom stereocenters. The summed E-state index contributed by atoms with van der Waals surface area (Å²) in [4.78, 5) is 14.0. The molecule has 0 spiro atoms. The highest BCUT2D eigenvalue weighted by molar-refractivity contribution is 5.98. The lowest BCUT2D eigenvalue weighted by Gasteiger charge is -2.55. The molecular weight excluding hydrogens is 306 g/mol. The molecule has 0 aliphatic heterocycles. The molecule has 2 nitrogen and oxygen atoms in total. The third kappa shape index (κ3) is 1.94. The molecule has 0 saturated heterocycles. The Hall–Kier alpha value is -1.57. The third-order valence-corrected chi connectivity index (χ3v) is 7.87. The van der Waals surface area contributed by atoms with E-state index in [4.69, 9.17) is 0 Å². The van der Waals surface area contributed by atoms with Gasteiger partial charge in [-0.2, -0.15) is 0 Å². The molecule has 0 amide bonds. The van der Waals surface area contributed by atoms with Crippen molar-refractivity contribution in [2.45, 2.75) is 64.2 Å².